The van der Waals surface area contributed by atoms with Crippen LogP contribution in [-0.4, -0.2) is 54.3 Å². The fourth-order valence-electron chi connectivity index (χ4n) is 2.22. The molecule has 1 atom stereocenters. The smallest absolute Gasteiger partial charge is 0.231 e. The van der Waals surface area contributed by atoms with Crippen molar-refractivity contribution in [3.05, 3.63) is 5.28 Å². The predicted octanol–water partition coefficient (Wildman–Crippen LogP) is 1.60. The van der Waals surface area contributed by atoms with Crippen molar-refractivity contribution in [3.8, 4) is 0 Å². The average molecular weight is 286 g/mol. The van der Waals surface area contributed by atoms with E-state index in [9.17, 15) is 0 Å². The van der Waals surface area contributed by atoms with E-state index in [4.69, 9.17) is 16.3 Å². The van der Waals surface area contributed by atoms with Gasteiger partial charge in [-0.3, -0.25) is 0 Å². The van der Waals surface area contributed by atoms with Gasteiger partial charge >= 0.3 is 0 Å². The van der Waals surface area contributed by atoms with Crippen molar-refractivity contribution in [1.29, 1.82) is 0 Å². The standard InChI is InChI=1S/C12H20ClN5O/c1-4-17(5-2)11-14-10(13)15-12(16-11)18-7-6-9(8-18)19-3/h9H,4-8H2,1-3H3. The summed E-state index contributed by atoms with van der Waals surface area (Å²) in [6, 6.07) is 0. The fourth-order valence-corrected chi connectivity index (χ4v) is 2.37. The van der Waals surface area contributed by atoms with Crippen LogP contribution in [0.5, 0.6) is 0 Å². The van der Waals surface area contributed by atoms with Crippen LogP contribution >= 0.6 is 11.6 Å². The lowest BCUT2D eigenvalue weighted by Gasteiger charge is -2.21. The molecule has 0 spiro atoms. The largest absolute Gasteiger partial charge is 0.380 e. The monoisotopic (exact) mass is 285 g/mol. The molecule has 2 heterocycles. The number of anilines is 2. The second-order valence-corrected chi connectivity index (χ2v) is 4.81. The highest BCUT2D eigenvalue weighted by Crippen LogP contribution is 2.21. The van der Waals surface area contributed by atoms with Crippen LogP contribution in [0.2, 0.25) is 5.28 Å². The Labute approximate surface area is 118 Å². The van der Waals surface area contributed by atoms with Gasteiger partial charge in [0.05, 0.1) is 6.10 Å². The molecule has 2 rings (SSSR count). The first kappa shape index (κ1) is 14.3. The Kier molecular flexibility index (Phi) is 4.76. The molecule has 0 saturated carbocycles. The van der Waals surface area contributed by atoms with Gasteiger partial charge in [-0.1, -0.05) is 0 Å². The molecule has 0 aromatic carbocycles. The molecule has 106 valence electrons. The van der Waals surface area contributed by atoms with Gasteiger partial charge in [-0.15, -0.1) is 0 Å². The van der Waals surface area contributed by atoms with Gasteiger partial charge in [-0.05, 0) is 31.9 Å². The second kappa shape index (κ2) is 6.34. The van der Waals surface area contributed by atoms with Crippen LogP contribution in [0.1, 0.15) is 20.3 Å². The number of nitrogens with zero attached hydrogens (tertiary/aromatic N) is 5. The van der Waals surface area contributed by atoms with Crippen LogP contribution in [0.4, 0.5) is 11.9 Å². The van der Waals surface area contributed by atoms with Crippen molar-refractivity contribution in [2.75, 3.05) is 43.1 Å². The first-order valence-electron chi connectivity index (χ1n) is 6.62. The Hall–Kier alpha value is -1.14. The normalized spacial score (nSPS) is 18.9. The molecule has 6 nitrogen and oxygen atoms in total. The summed E-state index contributed by atoms with van der Waals surface area (Å²) in [6.07, 6.45) is 1.23. The molecule has 1 saturated heterocycles. The number of rotatable bonds is 5. The molecule has 7 heteroatoms. The highest BCUT2D eigenvalue weighted by Gasteiger charge is 2.25. The van der Waals surface area contributed by atoms with Gasteiger partial charge in [-0.25, -0.2) is 0 Å². The van der Waals surface area contributed by atoms with E-state index < -0.39 is 0 Å². The number of methoxy groups -OCH3 is 1. The number of aromatic nitrogens is 3. The molecule has 1 unspecified atom stereocenters. The van der Waals surface area contributed by atoms with Crippen LogP contribution in [0.25, 0.3) is 0 Å². The van der Waals surface area contributed by atoms with Gasteiger partial charge in [0, 0.05) is 33.3 Å². The minimum atomic E-state index is 0.243. The van der Waals surface area contributed by atoms with E-state index in [1.54, 1.807) is 7.11 Å². The maximum atomic E-state index is 6.01. The highest BCUT2D eigenvalue weighted by molar-refractivity contribution is 6.28. The second-order valence-electron chi connectivity index (χ2n) is 4.47. The lowest BCUT2D eigenvalue weighted by molar-refractivity contribution is 0.121. The molecular weight excluding hydrogens is 266 g/mol. The summed E-state index contributed by atoms with van der Waals surface area (Å²) in [7, 11) is 1.73. The molecule has 1 aliphatic heterocycles. The zero-order chi connectivity index (χ0) is 13.8. The van der Waals surface area contributed by atoms with Crippen LogP contribution in [0.3, 0.4) is 0 Å². The lowest BCUT2D eigenvalue weighted by atomic mass is 10.3. The molecule has 19 heavy (non-hydrogen) atoms. The van der Waals surface area contributed by atoms with Crippen molar-refractivity contribution in [2.45, 2.75) is 26.4 Å². The van der Waals surface area contributed by atoms with E-state index in [1.807, 2.05) is 0 Å². The summed E-state index contributed by atoms with van der Waals surface area (Å²) in [5, 5.41) is 0.243. The molecule has 0 radical (unpaired) electrons. The molecule has 0 amide bonds. The molecule has 1 aromatic rings. The molecular formula is C12H20ClN5O. The molecule has 0 aliphatic carbocycles. The summed E-state index contributed by atoms with van der Waals surface area (Å²) < 4.78 is 5.36. The molecule has 1 aromatic heterocycles. The van der Waals surface area contributed by atoms with E-state index in [0.717, 1.165) is 32.6 Å². The summed E-state index contributed by atoms with van der Waals surface area (Å²) in [4.78, 5) is 17.1. The van der Waals surface area contributed by atoms with E-state index in [2.05, 4.69) is 38.6 Å². The third-order valence-corrected chi connectivity index (χ3v) is 3.56. The zero-order valence-corrected chi connectivity index (χ0v) is 12.4. The van der Waals surface area contributed by atoms with Gasteiger partial charge in [0.15, 0.2) is 0 Å². The Morgan fingerprint density at radius 2 is 2.05 bits per heavy atom. The topological polar surface area (TPSA) is 54.4 Å². The quantitative estimate of drug-likeness (QED) is 0.819. The number of ether oxygens (including phenoxy) is 1. The van der Waals surface area contributed by atoms with Gasteiger partial charge in [0.2, 0.25) is 17.2 Å². The van der Waals surface area contributed by atoms with Crippen molar-refractivity contribution in [2.24, 2.45) is 0 Å². The summed E-state index contributed by atoms with van der Waals surface area (Å²) in [5.74, 6) is 1.28. The summed E-state index contributed by atoms with van der Waals surface area (Å²) in [6.45, 7) is 7.51. The SMILES string of the molecule is CCN(CC)c1nc(Cl)nc(N2CCC(OC)C2)n1. The van der Waals surface area contributed by atoms with Crippen LogP contribution in [0, 0.1) is 0 Å². The predicted molar refractivity (Wildman–Crippen MR) is 76.0 cm³/mol. The minimum absolute atomic E-state index is 0.243. The van der Waals surface area contributed by atoms with Crippen molar-refractivity contribution >= 4 is 23.5 Å². The number of halogens is 1. The Morgan fingerprint density at radius 1 is 1.32 bits per heavy atom. The van der Waals surface area contributed by atoms with Crippen molar-refractivity contribution in [3.63, 3.8) is 0 Å². The summed E-state index contributed by atoms with van der Waals surface area (Å²) >= 11 is 6.01. The van der Waals surface area contributed by atoms with Crippen LogP contribution < -0.4 is 9.80 Å². The molecule has 0 bridgehead atoms. The Balaban J connectivity index is 2.22. The molecule has 0 N–H and O–H groups in total. The fraction of sp³-hybridized carbons (Fsp3) is 0.750. The summed E-state index contributed by atoms with van der Waals surface area (Å²) in [5.41, 5.74) is 0. The van der Waals surface area contributed by atoms with E-state index in [0.29, 0.717) is 11.9 Å². The number of hydrogen-bond acceptors (Lipinski definition) is 6. The van der Waals surface area contributed by atoms with E-state index in [1.165, 1.54) is 0 Å². The van der Waals surface area contributed by atoms with Gasteiger partial charge in [0.1, 0.15) is 0 Å². The highest BCUT2D eigenvalue weighted by atomic mass is 35.5. The first-order chi connectivity index (χ1) is 9.17. The minimum Gasteiger partial charge on any atom is -0.380 e. The zero-order valence-electron chi connectivity index (χ0n) is 11.6. The van der Waals surface area contributed by atoms with Crippen LogP contribution in [-0.2, 0) is 4.74 Å². The average Bonchev–Trinajstić information content (AvgIpc) is 2.88. The Morgan fingerprint density at radius 3 is 2.63 bits per heavy atom. The molecule has 1 fully saturated rings. The maximum Gasteiger partial charge on any atom is 0.231 e. The van der Waals surface area contributed by atoms with Crippen molar-refractivity contribution in [1.82, 2.24) is 15.0 Å². The van der Waals surface area contributed by atoms with Crippen LogP contribution in [0.15, 0.2) is 0 Å². The number of hydrogen-bond donors (Lipinski definition) is 0. The van der Waals surface area contributed by atoms with Gasteiger partial charge in [0.25, 0.3) is 0 Å². The van der Waals surface area contributed by atoms with E-state index in [-0.39, 0.29) is 11.4 Å². The van der Waals surface area contributed by atoms with Gasteiger partial charge in [-0.2, -0.15) is 15.0 Å². The first-order valence-corrected chi connectivity index (χ1v) is 7.00. The van der Waals surface area contributed by atoms with Crippen molar-refractivity contribution < 1.29 is 4.74 Å². The van der Waals surface area contributed by atoms with Gasteiger partial charge < -0.3 is 14.5 Å². The lowest BCUT2D eigenvalue weighted by Crippen LogP contribution is -2.28. The third kappa shape index (κ3) is 3.25. The van der Waals surface area contributed by atoms with E-state index >= 15 is 0 Å². The maximum absolute atomic E-state index is 6.01. The molecule has 1 aliphatic rings. The Bertz CT molecular complexity index is 427. The third-order valence-electron chi connectivity index (χ3n) is 3.39.